The molecule has 0 atom stereocenters. The van der Waals surface area contributed by atoms with Crippen molar-refractivity contribution in [1.29, 1.82) is 0 Å². The van der Waals surface area contributed by atoms with Gasteiger partial charge in [-0.3, -0.25) is 0 Å². The molecule has 0 fully saturated rings. The average molecular weight is 128 g/mol. The summed E-state index contributed by atoms with van der Waals surface area (Å²) in [4.78, 5) is 12.1. The van der Waals surface area contributed by atoms with Gasteiger partial charge in [-0.15, -0.1) is 0 Å². The highest BCUT2D eigenvalue weighted by Crippen LogP contribution is 1.75. The Morgan fingerprint density at radius 2 is 2.11 bits per heavy atom. The van der Waals surface area contributed by atoms with Gasteiger partial charge in [-0.2, -0.15) is 0 Å². The molecule has 0 bridgehead atoms. The molecule has 0 aromatic carbocycles. The smallest absolute Gasteiger partial charge is 0.320 e. The predicted octanol–water partition coefficient (Wildman–Crippen LogP) is 0.791. The van der Waals surface area contributed by atoms with E-state index in [0.717, 1.165) is 0 Å². The number of hydrogen-bond acceptors (Lipinski definition) is 1. The first-order valence-electron chi connectivity index (χ1n) is 2.77. The summed E-state index contributed by atoms with van der Waals surface area (Å²) in [5.41, 5.74) is 0. The van der Waals surface area contributed by atoms with Crippen LogP contribution in [0.3, 0.4) is 0 Å². The lowest BCUT2D eigenvalue weighted by molar-refractivity contribution is 0.221. The highest BCUT2D eigenvalue weighted by molar-refractivity contribution is 5.74. The number of amides is 2. The lowest BCUT2D eigenvalue weighted by Crippen LogP contribution is -2.30. The van der Waals surface area contributed by atoms with Crippen LogP contribution in [0, 0.1) is 0 Å². The topological polar surface area (TPSA) is 32.3 Å². The number of carbonyl (C=O) groups excluding carboxylic acids is 1. The first-order valence-corrected chi connectivity index (χ1v) is 2.77. The monoisotopic (exact) mass is 128 g/mol. The van der Waals surface area contributed by atoms with E-state index < -0.39 is 0 Å². The summed E-state index contributed by atoms with van der Waals surface area (Å²) in [5.74, 6) is 0. The van der Waals surface area contributed by atoms with E-state index in [-0.39, 0.29) is 6.03 Å². The molecule has 0 saturated heterocycles. The summed E-state index contributed by atoms with van der Waals surface area (Å²) < 4.78 is 0. The Morgan fingerprint density at radius 3 is 2.44 bits per heavy atom. The molecule has 9 heavy (non-hydrogen) atoms. The molecule has 3 nitrogen and oxygen atoms in total. The molecule has 52 valence electrons. The Balaban J connectivity index is 3.51. The zero-order valence-corrected chi connectivity index (χ0v) is 6.01. The number of carbonyl (C=O) groups is 1. The Kier molecular flexibility index (Phi) is 3.51. The summed E-state index contributed by atoms with van der Waals surface area (Å²) in [6.45, 7) is 1.84. The van der Waals surface area contributed by atoms with Crippen molar-refractivity contribution >= 4 is 6.03 Å². The van der Waals surface area contributed by atoms with Crippen molar-refractivity contribution in [2.45, 2.75) is 6.92 Å². The van der Waals surface area contributed by atoms with E-state index in [1.165, 1.54) is 4.90 Å². The third kappa shape index (κ3) is 3.58. The van der Waals surface area contributed by atoms with Crippen LogP contribution in [0.25, 0.3) is 0 Å². The number of rotatable bonds is 1. The number of urea groups is 1. The molecule has 0 heterocycles. The van der Waals surface area contributed by atoms with Crippen molar-refractivity contribution in [1.82, 2.24) is 10.2 Å². The van der Waals surface area contributed by atoms with E-state index in [4.69, 9.17) is 0 Å². The Morgan fingerprint density at radius 1 is 1.56 bits per heavy atom. The van der Waals surface area contributed by atoms with E-state index in [1.807, 2.05) is 6.92 Å². The van der Waals surface area contributed by atoms with Crippen molar-refractivity contribution in [3.8, 4) is 0 Å². The molecule has 0 rings (SSSR count). The molecule has 1 N–H and O–H groups in total. The van der Waals surface area contributed by atoms with E-state index in [0.29, 0.717) is 0 Å². The fourth-order valence-electron chi connectivity index (χ4n) is 0.284. The van der Waals surface area contributed by atoms with Crippen molar-refractivity contribution in [2.75, 3.05) is 14.1 Å². The second kappa shape index (κ2) is 3.95. The largest absolute Gasteiger partial charge is 0.331 e. The Labute approximate surface area is 55.3 Å². The van der Waals surface area contributed by atoms with Crippen LogP contribution in [0.5, 0.6) is 0 Å². The summed E-state index contributed by atoms with van der Waals surface area (Å²) >= 11 is 0. The van der Waals surface area contributed by atoms with Gasteiger partial charge in [0.05, 0.1) is 0 Å². The van der Waals surface area contributed by atoms with E-state index in [1.54, 1.807) is 26.4 Å². The molecule has 0 radical (unpaired) electrons. The molecule has 0 saturated carbocycles. The quantitative estimate of drug-likeness (QED) is 0.556. The van der Waals surface area contributed by atoms with Gasteiger partial charge in [0.2, 0.25) is 0 Å². The fourth-order valence-corrected chi connectivity index (χ4v) is 0.284. The van der Waals surface area contributed by atoms with Crippen molar-refractivity contribution in [3.05, 3.63) is 12.3 Å². The van der Waals surface area contributed by atoms with Gasteiger partial charge in [-0.05, 0) is 6.92 Å². The summed E-state index contributed by atoms with van der Waals surface area (Å²) in [5, 5.41) is 2.54. The van der Waals surface area contributed by atoms with Crippen molar-refractivity contribution in [3.63, 3.8) is 0 Å². The fraction of sp³-hybridized carbons (Fsp3) is 0.500. The van der Waals surface area contributed by atoms with Gasteiger partial charge in [0.25, 0.3) is 0 Å². The second-order valence-electron chi connectivity index (χ2n) is 1.84. The lowest BCUT2D eigenvalue weighted by Gasteiger charge is -2.07. The standard InChI is InChI=1S/C6H12N2O/c1-4-5-7-6(9)8(2)3/h4-5H,1-3H3,(H,7,9)/b5-4+. The van der Waals surface area contributed by atoms with E-state index in [2.05, 4.69) is 5.32 Å². The van der Waals surface area contributed by atoms with Gasteiger partial charge in [-0.25, -0.2) is 4.79 Å². The zero-order valence-electron chi connectivity index (χ0n) is 6.01. The summed E-state index contributed by atoms with van der Waals surface area (Å²) in [7, 11) is 3.39. The van der Waals surface area contributed by atoms with Gasteiger partial charge in [0.1, 0.15) is 0 Å². The highest BCUT2D eigenvalue weighted by atomic mass is 16.2. The number of nitrogens with one attached hydrogen (secondary N) is 1. The molecule has 2 amide bonds. The number of hydrogen-bond donors (Lipinski definition) is 1. The molecule has 3 heteroatoms. The Hall–Kier alpha value is -0.990. The maximum Gasteiger partial charge on any atom is 0.320 e. The second-order valence-corrected chi connectivity index (χ2v) is 1.84. The lowest BCUT2D eigenvalue weighted by atomic mass is 10.7. The number of nitrogens with zero attached hydrogens (tertiary/aromatic N) is 1. The van der Waals surface area contributed by atoms with Crippen LogP contribution in [-0.2, 0) is 0 Å². The molecule has 0 aromatic rings. The average Bonchev–Trinajstić information content (AvgIpc) is 1.82. The predicted molar refractivity (Wildman–Crippen MR) is 37.0 cm³/mol. The molecule has 0 aliphatic carbocycles. The minimum atomic E-state index is -0.104. The van der Waals surface area contributed by atoms with Crippen LogP contribution >= 0.6 is 0 Å². The van der Waals surface area contributed by atoms with Gasteiger partial charge in [0, 0.05) is 20.3 Å². The van der Waals surface area contributed by atoms with Crippen molar-refractivity contribution < 1.29 is 4.79 Å². The third-order valence-corrected chi connectivity index (χ3v) is 0.780. The van der Waals surface area contributed by atoms with Gasteiger partial charge in [0.15, 0.2) is 0 Å². The summed E-state index contributed by atoms with van der Waals surface area (Å²) in [6.07, 6.45) is 3.36. The van der Waals surface area contributed by atoms with Gasteiger partial charge in [-0.1, -0.05) is 6.08 Å². The van der Waals surface area contributed by atoms with Gasteiger partial charge >= 0.3 is 6.03 Å². The maximum atomic E-state index is 10.7. The minimum Gasteiger partial charge on any atom is -0.331 e. The molecular formula is C6H12N2O. The molecule has 0 aliphatic rings. The van der Waals surface area contributed by atoms with Crippen LogP contribution in [0.2, 0.25) is 0 Å². The zero-order chi connectivity index (χ0) is 7.28. The highest BCUT2D eigenvalue weighted by Gasteiger charge is 1.96. The first kappa shape index (κ1) is 8.01. The van der Waals surface area contributed by atoms with Crippen molar-refractivity contribution in [2.24, 2.45) is 0 Å². The molecule has 0 aromatic heterocycles. The van der Waals surface area contributed by atoms with Crippen LogP contribution in [0.15, 0.2) is 12.3 Å². The normalized spacial score (nSPS) is 9.67. The number of allylic oxidation sites excluding steroid dienone is 1. The minimum absolute atomic E-state index is 0.104. The van der Waals surface area contributed by atoms with Crippen LogP contribution in [-0.4, -0.2) is 25.0 Å². The maximum absolute atomic E-state index is 10.7. The van der Waals surface area contributed by atoms with Crippen LogP contribution in [0.1, 0.15) is 6.92 Å². The molecular weight excluding hydrogens is 116 g/mol. The molecule has 0 unspecified atom stereocenters. The van der Waals surface area contributed by atoms with E-state index in [9.17, 15) is 4.79 Å². The summed E-state index contributed by atoms with van der Waals surface area (Å²) in [6, 6.07) is -0.104. The SMILES string of the molecule is C/C=C/NC(=O)N(C)C. The van der Waals surface area contributed by atoms with E-state index >= 15 is 0 Å². The van der Waals surface area contributed by atoms with Crippen LogP contribution < -0.4 is 5.32 Å². The molecule has 0 aliphatic heterocycles. The van der Waals surface area contributed by atoms with Gasteiger partial charge < -0.3 is 10.2 Å². The van der Waals surface area contributed by atoms with Crippen LogP contribution in [0.4, 0.5) is 4.79 Å². The Bertz CT molecular complexity index is 118. The first-order chi connectivity index (χ1) is 4.18. The third-order valence-electron chi connectivity index (χ3n) is 0.780. The molecule has 0 spiro atoms.